The van der Waals surface area contributed by atoms with Crippen molar-refractivity contribution in [1.29, 1.82) is 0 Å². The van der Waals surface area contributed by atoms with Crippen molar-refractivity contribution in [1.82, 2.24) is 9.88 Å². The third-order valence-electron chi connectivity index (χ3n) is 3.97. The molecule has 1 aliphatic heterocycles. The van der Waals surface area contributed by atoms with Crippen LogP contribution in [0.3, 0.4) is 0 Å². The number of aryl methyl sites for hydroxylation is 1. The second-order valence-electron chi connectivity index (χ2n) is 6.42. The Hall–Kier alpha value is -1.76. The van der Waals surface area contributed by atoms with Gasteiger partial charge in [-0.25, -0.2) is 4.98 Å². The first kappa shape index (κ1) is 17.1. The van der Waals surface area contributed by atoms with Crippen LogP contribution in [0.25, 0.3) is 0 Å². The van der Waals surface area contributed by atoms with E-state index in [1.807, 2.05) is 36.6 Å². The number of hydrogen-bond donors (Lipinski definition) is 1. The molecule has 0 unspecified atom stereocenters. The smallest absolute Gasteiger partial charge is 0.257 e. The molecule has 0 radical (unpaired) electrons. The lowest BCUT2D eigenvalue weighted by Crippen LogP contribution is -2.44. The van der Waals surface area contributed by atoms with E-state index in [1.165, 1.54) is 11.3 Å². The van der Waals surface area contributed by atoms with Crippen molar-refractivity contribution in [3.63, 3.8) is 0 Å². The monoisotopic (exact) mass is 345 g/mol. The molecule has 1 fully saturated rings. The van der Waals surface area contributed by atoms with Crippen molar-refractivity contribution in [2.24, 2.45) is 0 Å². The van der Waals surface area contributed by atoms with Gasteiger partial charge >= 0.3 is 0 Å². The molecule has 0 bridgehead atoms. The fourth-order valence-corrected chi connectivity index (χ4v) is 3.65. The van der Waals surface area contributed by atoms with Crippen LogP contribution in [-0.4, -0.2) is 41.1 Å². The Bertz CT molecular complexity index is 689. The highest BCUT2D eigenvalue weighted by Gasteiger charge is 2.22. The molecule has 3 rings (SSSR count). The van der Waals surface area contributed by atoms with Gasteiger partial charge in [-0.3, -0.25) is 15.0 Å². The number of ether oxygens (including phenoxy) is 1. The van der Waals surface area contributed by atoms with Gasteiger partial charge in [-0.1, -0.05) is 17.7 Å². The number of amides is 1. The molecule has 1 aromatic heterocycles. The molecule has 0 saturated carbocycles. The summed E-state index contributed by atoms with van der Waals surface area (Å²) in [5, 5.41) is 5.53. The highest BCUT2D eigenvalue weighted by molar-refractivity contribution is 7.13. The van der Waals surface area contributed by atoms with Gasteiger partial charge in [-0.05, 0) is 32.9 Å². The van der Waals surface area contributed by atoms with Gasteiger partial charge in [0.2, 0.25) is 0 Å². The number of nitrogens with one attached hydrogen (secondary N) is 1. The van der Waals surface area contributed by atoms with Crippen LogP contribution in [0, 0.1) is 6.92 Å². The van der Waals surface area contributed by atoms with Gasteiger partial charge < -0.3 is 4.74 Å². The van der Waals surface area contributed by atoms with Crippen molar-refractivity contribution < 1.29 is 9.53 Å². The summed E-state index contributed by atoms with van der Waals surface area (Å²) in [6.07, 6.45) is 0.487. The van der Waals surface area contributed by atoms with Crippen LogP contribution in [0.4, 0.5) is 5.13 Å². The van der Waals surface area contributed by atoms with Gasteiger partial charge in [-0.15, -0.1) is 11.3 Å². The second kappa shape index (κ2) is 7.42. The van der Waals surface area contributed by atoms with Crippen molar-refractivity contribution >= 4 is 22.4 Å². The summed E-state index contributed by atoms with van der Waals surface area (Å²) >= 11 is 1.46. The normalized spacial score (nSPS) is 21.6. The third kappa shape index (κ3) is 4.41. The molecule has 0 spiro atoms. The molecule has 128 valence electrons. The first-order valence-corrected chi connectivity index (χ1v) is 9.08. The molecule has 1 N–H and O–H groups in total. The minimum absolute atomic E-state index is 0.121. The van der Waals surface area contributed by atoms with E-state index in [1.54, 1.807) is 0 Å². The number of anilines is 1. The average Bonchev–Trinajstić information content (AvgIpc) is 2.93. The summed E-state index contributed by atoms with van der Waals surface area (Å²) in [6.45, 7) is 8.80. The maximum absolute atomic E-state index is 12.2. The minimum atomic E-state index is -0.121. The predicted molar refractivity (Wildman–Crippen MR) is 96.5 cm³/mol. The summed E-state index contributed by atoms with van der Waals surface area (Å²) in [7, 11) is 0. The van der Waals surface area contributed by atoms with Gasteiger partial charge in [0.1, 0.15) is 0 Å². The molecule has 0 aliphatic carbocycles. The molecule has 24 heavy (non-hydrogen) atoms. The quantitative estimate of drug-likeness (QED) is 0.924. The van der Waals surface area contributed by atoms with E-state index in [2.05, 4.69) is 29.0 Å². The standard InChI is InChI=1S/C18H23N3O2S/c1-12-4-6-15(7-5-12)17(22)20-18-19-16(11-24-18)10-21-8-13(2)23-14(3)9-21/h4-7,11,13-14H,8-10H2,1-3H3,(H,19,20,22)/t13-,14-/m0/s1. The number of hydrogen-bond acceptors (Lipinski definition) is 5. The van der Waals surface area contributed by atoms with Crippen LogP contribution in [0.15, 0.2) is 29.6 Å². The Labute approximate surface area is 146 Å². The number of morpholine rings is 1. The maximum Gasteiger partial charge on any atom is 0.257 e. The molecule has 5 nitrogen and oxygen atoms in total. The Morgan fingerprint density at radius 1 is 1.29 bits per heavy atom. The molecule has 1 saturated heterocycles. The number of nitrogens with zero attached hydrogens (tertiary/aromatic N) is 2. The first-order valence-electron chi connectivity index (χ1n) is 8.20. The van der Waals surface area contributed by atoms with E-state index in [0.717, 1.165) is 30.9 Å². The molecule has 2 aromatic rings. The first-order chi connectivity index (χ1) is 11.5. The van der Waals surface area contributed by atoms with Crippen LogP contribution in [0.5, 0.6) is 0 Å². The van der Waals surface area contributed by atoms with Gasteiger partial charge in [-0.2, -0.15) is 0 Å². The summed E-state index contributed by atoms with van der Waals surface area (Å²) in [5.74, 6) is -0.121. The molecule has 1 aromatic carbocycles. The summed E-state index contributed by atoms with van der Waals surface area (Å²) in [6, 6.07) is 7.53. The summed E-state index contributed by atoms with van der Waals surface area (Å²) in [4.78, 5) is 19.1. The number of aromatic nitrogens is 1. The minimum Gasteiger partial charge on any atom is -0.373 e. The van der Waals surface area contributed by atoms with Crippen LogP contribution < -0.4 is 5.32 Å². The van der Waals surface area contributed by atoms with Crippen LogP contribution in [-0.2, 0) is 11.3 Å². The van der Waals surface area contributed by atoms with Crippen LogP contribution >= 0.6 is 11.3 Å². The van der Waals surface area contributed by atoms with E-state index in [0.29, 0.717) is 10.7 Å². The van der Waals surface area contributed by atoms with Crippen molar-refractivity contribution in [3.8, 4) is 0 Å². The zero-order valence-electron chi connectivity index (χ0n) is 14.3. The largest absolute Gasteiger partial charge is 0.373 e. The number of carbonyl (C=O) groups is 1. The number of benzene rings is 1. The van der Waals surface area contributed by atoms with E-state index in [4.69, 9.17) is 4.74 Å². The molecule has 2 heterocycles. The lowest BCUT2D eigenvalue weighted by molar-refractivity contribution is -0.0707. The van der Waals surface area contributed by atoms with E-state index in [-0.39, 0.29) is 18.1 Å². The van der Waals surface area contributed by atoms with Gasteiger partial charge in [0.05, 0.1) is 17.9 Å². The van der Waals surface area contributed by atoms with E-state index < -0.39 is 0 Å². The lowest BCUT2D eigenvalue weighted by Gasteiger charge is -2.34. The van der Waals surface area contributed by atoms with Crippen molar-refractivity contribution in [2.45, 2.75) is 39.5 Å². The lowest BCUT2D eigenvalue weighted by atomic mass is 10.1. The van der Waals surface area contributed by atoms with Gasteiger partial charge in [0, 0.05) is 30.6 Å². The SMILES string of the molecule is Cc1ccc(C(=O)Nc2nc(CN3C[C@H](C)O[C@@H](C)C3)cs2)cc1. The summed E-state index contributed by atoms with van der Waals surface area (Å²) < 4.78 is 5.75. The fraction of sp³-hybridized carbons (Fsp3) is 0.444. The van der Waals surface area contributed by atoms with Crippen molar-refractivity contribution in [3.05, 3.63) is 46.5 Å². The molecule has 2 atom stereocenters. The Kier molecular flexibility index (Phi) is 5.28. The molecule has 6 heteroatoms. The average molecular weight is 345 g/mol. The predicted octanol–water partition coefficient (Wildman–Crippen LogP) is 3.31. The van der Waals surface area contributed by atoms with Gasteiger partial charge in [0.25, 0.3) is 5.91 Å². The zero-order valence-corrected chi connectivity index (χ0v) is 15.1. The highest BCUT2D eigenvalue weighted by Crippen LogP contribution is 2.20. The molecular weight excluding hydrogens is 322 g/mol. The molecule has 1 aliphatic rings. The second-order valence-corrected chi connectivity index (χ2v) is 7.27. The highest BCUT2D eigenvalue weighted by atomic mass is 32.1. The number of rotatable bonds is 4. The van der Waals surface area contributed by atoms with E-state index in [9.17, 15) is 4.79 Å². The van der Waals surface area contributed by atoms with Crippen LogP contribution in [0.2, 0.25) is 0 Å². The van der Waals surface area contributed by atoms with Crippen LogP contribution in [0.1, 0.15) is 35.5 Å². The fourth-order valence-electron chi connectivity index (χ4n) is 2.95. The Morgan fingerprint density at radius 2 is 1.96 bits per heavy atom. The Morgan fingerprint density at radius 3 is 2.62 bits per heavy atom. The Balaban J connectivity index is 1.59. The zero-order chi connectivity index (χ0) is 17.1. The van der Waals surface area contributed by atoms with Crippen molar-refractivity contribution in [2.75, 3.05) is 18.4 Å². The summed E-state index contributed by atoms with van der Waals surface area (Å²) in [5.41, 5.74) is 2.77. The van der Waals surface area contributed by atoms with E-state index >= 15 is 0 Å². The number of carbonyl (C=O) groups excluding carboxylic acids is 1. The van der Waals surface area contributed by atoms with Gasteiger partial charge in [0.15, 0.2) is 5.13 Å². The maximum atomic E-state index is 12.2. The topological polar surface area (TPSA) is 54.5 Å². The third-order valence-corrected chi connectivity index (χ3v) is 4.77. The molecular formula is C18H23N3O2S. The number of thiazole rings is 1. The molecule has 1 amide bonds.